The molecule has 18 heavy (non-hydrogen) atoms. The quantitative estimate of drug-likeness (QED) is 0.870. The fourth-order valence-corrected chi connectivity index (χ4v) is 1.72. The van der Waals surface area contributed by atoms with Crippen molar-refractivity contribution in [1.82, 2.24) is 10.3 Å². The normalized spacial score (nSPS) is 11.7. The van der Waals surface area contributed by atoms with Crippen LogP contribution in [0.3, 0.4) is 0 Å². The van der Waals surface area contributed by atoms with E-state index in [0.717, 1.165) is 31.1 Å². The van der Waals surface area contributed by atoms with Crippen LogP contribution >= 0.6 is 0 Å². The van der Waals surface area contributed by atoms with Crippen LogP contribution in [0.25, 0.3) is 0 Å². The van der Waals surface area contributed by atoms with E-state index in [9.17, 15) is 0 Å². The van der Waals surface area contributed by atoms with Gasteiger partial charge in [0.2, 0.25) is 5.88 Å². The monoisotopic (exact) mass is 250 g/mol. The summed E-state index contributed by atoms with van der Waals surface area (Å²) in [5, 5.41) is 3.50. The second-order valence-electron chi connectivity index (χ2n) is 5.82. The van der Waals surface area contributed by atoms with Gasteiger partial charge >= 0.3 is 0 Å². The van der Waals surface area contributed by atoms with Crippen LogP contribution in [-0.4, -0.2) is 17.1 Å². The number of hydrogen-bond acceptors (Lipinski definition) is 3. The fourth-order valence-electron chi connectivity index (χ4n) is 1.72. The number of nitrogens with one attached hydrogen (secondary N) is 1. The zero-order chi connectivity index (χ0) is 13.8. The lowest BCUT2D eigenvalue weighted by Crippen LogP contribution is -2.35. The molecule has 0 fully saturated rings. The molecule has 0 atom stereocenters. The summed E-state index contributed by atoms with van der Waals surface area (Å²) >= 11 is 0. The summed E-state index contributed by atoms with van der Waals surface area (Å²) in [5.74, 6) is 0.783. The lowest BCUT2D eigenvalue weighted by atomic mass is 10.1. The third-order valence-electron chi connectivity index (χ3n) is 2.68. The van der Waals surface area contributed by atoms with Gasteiger partial charge in [-0.25, -0.2) is 4.98 Å². The predicted octanol–water partition coefficient (Wildman–Crippen LogP) is 3.38. The Balaban J connectivity index is 2.92. The Morgan fingerprint density at radius 1 is 1.28 bits per heavy atom. The van der Waals surface area contributed by atoms with Gasteiger partial charge in [0, 0.05) is 23.3 Å². The van der Waals surface area contributed by atoms with E-state index in [1.807, 2.05) is 6.92 Å². The van der Waals surface area contributed by atoms with Crippen LogP contribution in [0.5, 0.6) is 5.88 Å². The Hall–Kier alpha value is -1.09. The molecule has 0 amide bonds. The maximum atomic E-state index is 5.76. The van der Waals surface area contributed by atoms with E-state index in [-0.39, 0.29) is 5.54 Å². The molecule has 0 spiro atoms. The van der Waals surface area contributed by atoms with Gasteiger partial charge in [0.05, 0.1) is 6.61 Å². The van der Waals surface area contributed by atoms with Crippen LogP contribution in [0.2, 0.25) is 0 Å². The van der Waals surface area contributed by atoms with Crippen LogP contribution in [0.15, 0.2) is 6.07 Å². The minimum Gasteiger partial charge on any atom is -0.477 e. The molecule has 1 aromatic heterocycles. The molecular formula is C15H26N2O. The molecule has 3 heteroatoms. The highest BCUT2D eigenvalue weighted by molar-refractivity contribution is 5.36. The molecule has 1 aromatic rings. The third kappa shape index (κ3) is 4.65. The largest absolute Gasteiger partial charge is 0.477 e. The maximum absolute atomic E-state index is 5.76. The average Bonchev–Trinajstić information content (AvgIpc) is 2.23. The van der Waals surface area contributed by atoms with Gasteiger partial charge in [-0.2, -0.15) is 0 Å². The summed E-state index contributed by atoms with van der Waals surface area (Å²) in [6, 6.07) is 2.11. The van der Waals surface area contributed by atoms with Gasteiger partial charge in [-0.15, -0.1) is 0 Å². The Kier molecular flexibility index (Phi) is 5.15. The molecule has 0 bridgehead atoms. The van der Waals surface area contributed by atoms with E-state index in [0.29, 0.717) is 0 Å². The number of nitrogens with zero attached hydrogens (tertiary/aromatic N) is 1. The van der Waals surface area contributed by atoms with Crippen LogP contribution in [0.1, 0.15) is 50.9 Å². The molecule has 0 aliphatic carbocycles. The number of aromatic nitrogens is 1. The molecule has 1 rings (SSSR count). The van der Waals surface area contributed by atoms with Gasteiger partial charge in [0.15, 0.2) is 0 Å². The van der Waals surface area contributed by atoms with Crippen LogP contribution in [0, 0.1) is 13.8 Å². The first kappa shape index (κ1) is 15.0. The van der Waals surface area contributed by atoms with Crippen LogP contribution in [-0.2, 0) is 6.54 Å². The number of aryl methyl sites for hydroxylation is 2. The molecule has 1 heterocycles. The van der Waals surface area contributed by atoms with E-state index < -0.39 is 0 Å². The standard InChI is InChI=1S/C15H26N2O/c1-7-8-18-14-13(10-16-15(4,5)6)11(2)9-12(3)17-14/h9,16H,7-8,10H2,1-6H3. The minimum absolute atomic E-state index is 0.0966. The van der Waals surface area contributed by atoms with Crippen molar-refractivity contribution < 1.29 is 4.74 Å². The number of pyridine rings is 1. The van der Waals surface area contributed by atoms with Crippen molar-refractivity contribution >= 4 is 0 Å². The summed E-state index contributed by atoms with van der Waals surface area (Å²) in [6.07, 6.45) is 1.00. The van der Waals surface area contributed by atoms with Crippen molar-refractivity contribution in [3.05, 3.63) is 22.9 Å². The van der Waals surface area contributed by atoms with Crippen LogP contribution in [0.4, 0.5) is 0 Å². The second kappa shape index (κ2) is 6.19. The Bertz CT molecular complexity index is 394. The van der Waals surface area contributed by atoms with Crippen molar-refractivity contribution in [2.75, 3.05) is 6.61 Å². The van der Waals surface area contributed by atoms with Gasteiger partial charge < -0.3 is 10.1 Å². The molecule has 1 N–H and O–H groups in total. The number of rotatable bonds is 5. The first-order chi connectivity index (χ1) is 8.33. The summed E-state index contributed by atoms with van der Waals surface area (Å²) in [4.78, 5) is 4.51. The molecule has 0 unspecified atom stereocenters. The smallest absolute Gasteiger partial charge is 0.218 e. The number of ether oxygens (including phenoxy) is 1. The van der Waals surface area contributed by atoms with Crippen molar-refractivity contribution in [2.24, 2.45) is 0 Å². The summed E-state index contributed by atoms with van der Waals surface area (Å²) in [7, 11) is 0. The third-order valence-corrected chi connectivity index (χ3v) is 2.68. The fraction of sp³-hybridized carbons (Fsp3) is 0.667. The van der Waals surface area contributed by atoms with Gasteiger partial charge in [0.1, 0.15) is 0 Å². The van der Waals surface area contributed by atoms with E-state index in [1.165, 1.54) is 11.1 Å². The predicted molar refractivity (Wildman–Crippen MR) is 76.1 cm³/mol. The van der Waals surface area contributed by atoms with E-state index >= 15 is 0 Å². The molecule has 0 aliphatic heterocycles. The molecule has 102 valence electrons. The number of hydrogen-bond donors (Lipinski definition) is 1. The van der Waals surface area contributed by atoms with E-state index in [2.05, 4.69) is 51.0 Å². The van der Waals surface area contributed by atoms with Crippen LogP contribution < -0.4 is 10.1 Å². The molecular weight excluding hydrogens is 224 g/mol. The average molecular weight is 250 g/mol. The Morgan fingerprint density at radius 3 is 2.50 bits per heavy atom. The highest BCUT2D eigenvalue weighted by Crippen LogP contribution is 2.21. The first-order valence-electron chi connectivity index (χ1n) is 6.68. The zero-order valence-corrected chi connectivity index (χ0v) is 12.6. The van der Waals surface area contributed by atoms with Gasteiger partial charge in [-0.3, -0.25) is 0 Å². The lowest BCUT2D eigenvalue weighted by Gasteiger charge is -2.22. The SMILES string of the molecule is CCCOc1nc(C)cc(C)c1CNC(C)(C)C. The van der Waals surface area contributed by atoms with Crippen molar-refractivity contribution in [3.63, 3.8) is 0 Å². The van der Waals surface area contributed by atoms with Gasteiger partial charge in [-0.1, -0.05) is 6.92 Å². The van der Waals surface area contributed by atoms with Crippen molar-refractivity contribution in [1.29, 1.82) is 0 Å². The maximum Gasteiger partial charge on any atom is 0.218 e. The minimum atomic E-state index is 0.0966. The molecule has 0 aliphatic rings. The van der Waals surface area contributed by atoms with Gasteiger partial charge in [-0.05, 0) is 52.7 Å². The molecule has 0 radical (unpaired) electrons. The van der Waals surface area contributed by atoms with E-state index in [4.69, 9.17) is 4.74 Å². The summed E-state index contributed by atoms with van der Waals surface area (Å²) in [6.45, 7) is 14.2. The first-order valence-corrected chi connectivity index (χ1v) is 6.68. The molecule has 0 aromatic carbocycles. The second-order valence-corrected chi connectivity index (χ2v) is 5.82. The molecule has 0 saturated heterocycles. The van der Waals surface area contributed by atoms with E-state index in [1.54, 1.807) is 0 Å². The molecule has 3 nitrogen and oxygen atoms in total. The highest BCUT2D eigenvalue weighted by Gasteiger charge is 2.14. The summed E-state index contributed by atoms with van der Waals surface area (Å²) in [5.41, 5.74) is 3.52. The lowest BCUT2D eigenvalue weighted by molar-refractivity contribution is 0.298. The molecule has 0 saturated carbocycles. The van der Waals surface area contributed by atoms with Gasteiger partial charge in [0.25, 0.3) is 0 Å². The Labute approximate surface area is 111 Å². The Morgan fingerprint density at radius 2 is 1.94 bits per heavy atom. The topological polar surface area (TPSA) is 34.1 Å². The highest BCUT2D eigenvalue weighted by atomic mass is 16.5. The van der Waals surface area contributed by atoms with Crippen molar-refractivity contribution in [3.8, 4) is 5.88 Å². The van der Waals surface area contributed by atoms with Crippen molar-refractivity contribution in [2.45, 2.75) is 60.0 Å². The zero-order valence-electron chi connectivity index (χ0n) is 12.6. The summed E-state index contributed by atoms with van der Waals surface area (Å²) < 4.78 is 5.76.